The summed E-state index contributed by atoms with van der Waals surface area (Å²) in [6.07, 6.45) is 0.649. The van der Waals surface area contributed by atoms with Crippen LogP contribution >= 0.6 is 0 Å². The fourth-order valence-electron chi connectivity index (χ4n) is 2.04. The van der Waals surface area contributed by atoms with Crippen LogP contribution in [-0.4, -0.2) is 41.5 Å². The molecule has 1 heterocycles. The highest BCUT2D eigenvalue weighted by atomic mass is 16.4. The number of nitrogens with two attached hydrogens (primary N) is 1. The van der Waals surface area contributed by atoms with E-state index in [9.17, 15) is 14.4 Å². The number of carbonyl (C=O) groups is 3. The van der Waals surface area contributed by atoms with E-state index in [0.717, 1.165) is 6.54 Å². The Labute approximate surface area is 105 Å². The second-order valence-electron chi connectivity index (χ2n) is 4.54. The summed E-state index contributed by atoms with van der Waals surface area (Å²) in [7, 11) is 0. The van der Waals surface area contributed by atoms with E-state index in [-0.39, 0.29) is 30.7 Å². The van der Waals surface area contributed by atoms with E-state index in [0.29, 0.717) is 6.42 Å². The van der Waals surface area contributed by atoms with Crippen LogP contribution in [0.25, 0.3) is 0 Å². The van der Waals surface area contributed by atoms with E-state index >= 15 is 0 Å². The number of hydrogen-bond donors (Lipinski definition) is 4. The molecule has 0 spiro atoms. The third-order valence-electron chi connectivity index (χ3n) is 3.16. The molecular weight excluding hydrogens is 238 g/mol. The van der Waals surface area contributed by atoms with Gasteiger partial charge in [0.25, 0.3) is 0 Å². The van der Waals surface area contributed by atoms with Crippen molar-refractivity contribution in [1.29, 1.82) is 0 Å². The van der Waals surface area contributed by atoms with E-state index in [1.165, 1.54) is 0 Å². The van der Waals surface area contributed by atoms with Crippen LogP contribution in [0.5, 0.6) is 0 Å². The zero-order chi connectivity index (χ0) is 13.7. The molecule has 3 atom stereocenters. The zero-order valence-electron chi connectivity index (χ0n) is 10.3. The molecule has 0 aromatic rings. The lowest BCUT2D eigenvalue weighted by molar-refractivity contribution is -0.142. The predicted octanol–water partition coefficient (Wildman–Crippen LogP) is -1.18. The Hall–Kier alpha value is -1.63. The number of carbonyl (C=O) groups excluding carboxylic acids is 2. The minimum Gasteiger partial charge on any atom is -0.480 e. The molecule has 7 heteroatoms. The van der Waals surface area contributed by atoms with Crippen molar-refractivity contribution in [3.8, 4) is 0 Å². The molecule has 0 aromatic carbocycles. The number of primary amides is 1. The van der Waals surface area contributed by atoms with E-state index in [2.05, 4.69) is 10.6 Å². The first-order valence-corrected chi connectivity index (χ1v) is 5.96. The van der Waals surface area contributed by atoms with E-state index < -0.39 is 17.9 Å². The van der Waals surface area contributed by atoms with Crippen molar-refractivity contribution in [2.45, 2.75) is 38.3 Å². The van der Waals surface area contributed by atoms with Gasteiger partial charge in [0.15, 0.2) is 0 Å². The summed E-state index contributed by atoms with van der Waals surface area (Å²) < 4.78 is 0. The van der Waals surface area contributed by atoms with Gasteiger partial charge in [-0.2, -0.15) is 0 Å². The number of nitrogens with one attached hydrogen (secondary N) is 2. The van der Waals surface area contributed by atoms with Crippen LogP contribution in [-0.2, 0) is 14.4 Å². The molecule has 1 rings (SSSR count). The Bertz CT molecular complexity index is 345. The zero-order valence-corrected chi connectivity index (χ0v) is 10.3. The van der Waals surface area contributed by atoms with E-state index in [1.807, 2.05) is 6.92 Å². The maximum atomic E-state index is 11.9. The highest BCUT2D eigenvalue weighted by molar-refractivity contribution is 5.86. The van der Waals surface area contributed by atoms with Crippen molar-refractivity contribution in [2.24, 2.45) is 11.7 Å². The quantitative estimate of drug-likeness (QED) is 0.477. The molecule has 0 radical (unpaired) electrons. The van der Waals surface area contributed by atoms with Gasteiger partial charge in [0, 0.05) is 12.5 Å². The SMILES string of the molecule is CC1NCCC1C(=O)N[C@H](CCC(N)=O)C(=O)O. The summed E-state index contributed by atoms with van der Waals surface area (Å²) in [5, 5.41) is 14.5. The van der Waals surface area contributed by atoms with E-state index in [4.69, 9.17) is 10.8 Å². The molecule has 0 aliphatic carbocycles. The first kappa shape index (κ1) is 14.4. The first-order chi connectivity index (χ1) is 8.41. The molecule has 2 amide bonds. The number of rotatable bonds is 6. The third-order valence-corrected chi connectivity index (χ3v) is 3.16. The van der Waals surface area contributed by atoms with Gasteiger partial charge in [-0.3, -0.25) is 9.59 Å². The molecule has 18 heavy (non-hydrogen) atoms. The van der Waals surface area contributed by atoms with Gasteiger partial charge >= 0.3 is 5.97 Å². The molecule has 1 saturated heterocycles. The van der Waals surface area contributed by atoms with E-state index in [1.54, 1.807) is 0 Å². The molecule has 0 saturated carbocycles. The van der Waals surface area contributed by atoms with Crippen LogP contribution in [0.15, 0.2) is 0 Å². The molecule has 1 aliphatic rings. The van der Waals surface area contributed by atoms with Crippen LogP contribution in [0.4, 0.5) is 0 Å². The lowest BCUT2D eigenvalue weighted by atomic mass is 10.00. The summed E-state index contributed by atoms with van der Waals surface area (Å²) in [6.45, 7) is 2.63. The molecule has 2 unspecified atom stereocenters. The van der Waals surface area contributed by atoms with Gasteiger partial charge in [-0.05, 0) is 26.3 Å². The Balaban J connectivity index is 2.52. The summed E-state index contributed by atoms with van der Waals surface area (Å²) in [5.41, 5.74) is 4.96. The van der Waals surface area contributed by atoms with Crippen molar-refractivity contribution in [1.82, 2.24) is 10.6 Å². The topological polar surface area (TPSA) is 122 Å². The maximum absolute atomic E-state index is 11.9. The van der Waals surface area contributed by atoms with Crippen molar-refractivity contribution in [3.63, 3.8) is 0 Å². The molecule has 1 fully saturated rings. The summed E-state index contributed by atoms with van der Waals surface area (Å²) in [4.78, 5) is 33.5. The van der Waals surface area contributed by atoms with Crippen LogP contribution < -0.4 is 16.4 Å². The number of amides is 2. The normalized spacial score (nSPS) is 24.5. The second-order valence-corrected chi connectivity index (χ2v) is 4.54. The van der Waals surface area contributed by atoms with Crippen LogP contribution in [0.1, 0.15) is 26.2 Å². The van der Waals surface area contributed by atoms with Gasteiger partial charge < -0.3 is 21.5 Å². The molecule has 1 aliphatic heterocycles. The summed E-state index contributed by atoms with van der Waals surface area (Å²) in [5.74, 6) is -2.24. The lowest BCUT2D eigenvalue weighted by Crippen LogP contribution is -2.46. The van der Waals surface area contributed by atoms with Gasteiger partial charge in [-0.1, -0.05) is 0 Å². The van der Waals surface area contributed by atoms with Gasteiger partial charge in [-0.15, -0.1) is 0 Å². The first-order valence-electron chi connectivity index (χ1n) is 5.96. The van der Waals surface area contributed by atoms with Crippen LogP contribution in [0.2, 0.25) is 0 Å². The number of hydrogen-bond acceptors (Lipinski definition) is 4. The molecule has 102 valence electrons. The van der Waals surface area contributed by atoms with Crippen molar-refractivity contribution < 1.29 is 19.5 Å². The largest absolute Gasteiger partial charge is 0.480 e. The molecule has 5 N–H and O–H groups in total. The summed E-state index contributed by atoms with van der Waals surface area (Å²) in [6, 6.07) is -1.02. The lowest BCUT2D eigenvalue weighted by Gasteiger charge is -2.19. The maximum Gasteiger partial charge on any atom is 0.326 e. The second kappa shape index (κ2) is 6.34. The predicted molar refractivity (Wildman–Crippen MR) is 63.6 cm³/mol. The molecule has 7 nitrogen and oxygen atoms in total. The van der Waals surface area contributed by atoms with Crippen molar-refractivity contribution >= 4 is 17.8 Å². The van der Waals surface area contributed by atoms with Gasteiger partial charge in [-0.25, -0.2) is 4.79 Å². The average Bonchev–Trinajstić information content (AvgIpc) is 2.69. The smallest absolute Gasteiger partial charge is 0.326 e. The Morgan fingerprint density at radius 1 is 1.50 bits per heavy atom. The monoisotopic (exact) mass is 257 g/mol. The van der Waals surface area contributed by atoms with Crippen molar-refractivity contribution in [3.05, 3.63) is 0 Å². The Morgan fingerprint density at radius 2 is 2.17 bits per heavy atom. The minimum atomic E-state index is -1.15. The van der Waals surface area contributed by atoms with Crippen molar-refractivity contribution in [2.75, 3.05) is 6.54 Å². The standard InChI is InChI=1S/C11H19N3O4/c1-6-7(4-5-13-6)10(16)14-8(11(17)18)2-3-9(12)15/h6-8,13H,2-5H2,1H3,(H2,12,15)(H,14,16)(H,17,18)/t6?,7?,8-/m1/s1. The number of carboxylic acid groups (broad SMARTS) is 1. The van der Waals surface area contributed by atoms with Gasteiger partial charge in [0.05, 0.1) is 5.92 Å². The number of carboxylic acids is 1. The summed E-state index contributed by atoms with van der Waals surface area (Å²) >= 11 is 0. The van der Waals surface area contributed by atoms with Gasteiger partial charge in [0.1, 0.15) is 6.04 Å². The van der Waals surface area contributed by atoms with Crippen LogP contribution in [0.3, 0.4) is 0 Å². The Morgan fingerprint density at radius 3 is 2.61 bits per heavy atom. The fraction of sp³-hybridized carbons (Fsp3) is 0.727. The third kappa shape index (κ3) is 3.99. The fourth-order valence-corrected chi connectivity index (χ4v) is 2.04. The van der Waals surface area contributed by atoms with Crippen LogP contribution in [0, 0.1) is 5.92 Å². The molecular formula is C11H19N3O4. The molecule has 0 bridgehead atoms. The highest BCUT2D eigenvalue weighted by Gasteiger charge is 2.31. The molecule has 0 aromatic heterocycles. The highest BCUT2D eigenvalue weighted by Crippen LogP contribution is 2.15. The minimum absolute atomic E-state index is 0.0188. The Kier molecular flexibility index (Phi) is 5.08. The average molecular weight is 257 g/mol. The number of aliphatic carboxylic acids is 1. The van der Waals surface area contributed by atoms with Gasteiger partial charge in [0.2, 0.25) is 11.8 Å².